The molecule has 1 aromatic carbocycles. The Kier molecular flexibility index (Phi) is 5.93. The van der Waals surface area contributed by atoms with E-state index in [0.717, 1.165) is 16.8 Å². The topological polar surface area (TPSA) is 100 Å². The van der Waals surface area contributed by atoms with Crippen LogP contribution in [0.1, 0.15) is 47.1 Å². The lowest BCUT2D eigenvalue weighted by Gasteiger charge is -2.04. The zero-order chi connectivity index (χ0) is 20.1. The van der Waals surface area contributed by atoms with Crippen molar-refractivity contribution in [2.75, 3.05) is 18.5 Å². The molecule has 0 saturated heterocycles. The first-order chi connectivity index (χ1) is 13.5. The quantitative estimate of drug-likeness (QED) is 0.390. The second kappa shape index (κ2) is 8.56. The van der Waals surface area contributed by atoms with E-state index in [-0.39, 0.29) is 24.2 Å². The molecule has 0 saturated carbocycles. The Morgan fingerprint density at radius 3 is 2.82 bits per heavy atom. The first kappa shape index (κ1) is 19.4. The Labute approximate surface area is 163 Å². The first-order valence-corrected chi connectivity index (χ1v) is 9.25. The number of carbonyl (C=O) groups is 3. The maximum absolute atomic E-state index is 12.3. The van der Waals surface area contributed by atoms with Crippen LogP contribution < -0.4 is 10.6 Å². The van der Waals surface area contributed by atoms with E-state index >= 15 is 0 Å². The van der Waals surface area contributed by atoms with E-state index < -0.39 is 0 Å². The third kappa shape index (κ3) is 4.31. The lowest BCUT2D eigenvalue weighted by molar-refractivity contribution is -0.143. The van der Waals surface area contributed by atoms with Crippen molar-refractivity contribution < 1.29 is 19.1 Å². The second-order valence-electron chi connectivity index (χ2n) is 6.50. The van der Waals surface area contributed by atoms with E-state index in [0.29, 0.717) is 36.5 Å². The van der Waals surface area contributed by atoms with Crippen molar-refractivity contribution in [1.29, 1.82) is 0 Å². The lowest BCUT2D eigenvalue weighted by Crippen LogP contribution is -2.25. The van der Waals surface area contributed by atoms with Crippen molar-refractivity contribution in [2.24, 2.45) is 0 Å². The number of aromatic amines is 1. The van der Waals surface area contributed by atoms with E-state index in [9.17, 15) is 14.4 Å². The van der Waals surface area contributed by atoms with Crippen molar-refractivity contribution >= 4 is 35.1 Å². The van der Waals surface area contributed by atoms with Gasteiger partial charge in [0, 0.05) is 29.9 Å². The summed E-state index contributed by atoms with van der Waals surface area (Å²) in [6.45, 7) is 4.36. The number of hydrogen-bond acceptors (Lipinski definition) is 4. The number of anilines is 1. The molecule has 1 aromatic heterocycles. The number of hydrogen-bond donors (Lipinski definition) is 3. The zero-order valence-electron chi connectivity index (χ0n) is 15.9. The minimum atomic E-state index is -0.267. The summed E-state index contributed by atoms with van der Waals surface area (Å²) in [5.74, 6) is -0.690. The van der Waals surface area contributed by atoms with Gasteiger partial charge >= 0.3 is 5.97 Å². The monoisotopic (exact) mass is 381 g/mol. The van der Waals surface area contributed by atoms with E-state index in [1.807, 2.05) is 31.2 Å². The number of nitrogens with one attached hydrogen (secondary N) is 3. The van der Waals surface area contributed by atoms with Crippen LogP contribution in [0.2, 0.25) is 0 Å². The highest BCUT2D eigenvalue weighted by Crippen LogP contribution is 2.33. The van der Waals surface area contributed by atoms with Crippen molar-refractivity contribution in [3.63, 3.8) is 0 Å². The molecule has 2 amide bonds. The van der Waals surface area contributed by atoms with Gasteiger partial charge in [0.05, 0.1) is 12.2 Å². The molecule has 2 aromatic rings. The third-order valence-corrected chi connectivity index (χ3v) is 4.45. The van der Waals surface area contributed by atoms with Gasteiger partial charge in [-0.3, -0.25) is 14.4 Å². The SMILES string of the molecule is CCOC(=O)CCCNC(=O)c1cc(C)c(/C=C2\C(=O)Nc3ccccc32)[nH]1. The Morgan fingerprint density at radius 2 is 2.04 bits per heavy atom. The number of benzene rings is 1. The van der Waals surface area contributed by atoms with Crippen LogP contribution in [-0.4, -0.2) is 35.9 Å². The molecule has 7 heteroatoms. The zero-order valence-corrected chi connectivity index (χ0v) is 15.9. The van der Waals surface area contributed by atoms with Gasteiger partial charge in [0.2, 0.25) is 0 Å². The average molecular weight is 381 g/mol. The molecule has 7 nitrogen and oxygen atoms in total. The Bertz CT molecular complexity index is 943. The number of ether oxygens (including phenoxy) is 1. The highest BCUT2D eigenvalue weighted by atomic mass is 16.5. The minimum Gasteiger partial charge on any atom is -0.466 e. The molecule has 2 heterocycles. The molecule has 28 heavy (non-hydrogen) atoms. The number of rotatable bonds is 7. The number of H-pyrrole nitrogens is 1. The van der Waals surface area contributed by atoms with Gasteiger partial charge in [0.25, 0.3) is 11.8 Å². The van der Waals surface area contributed by atoms with Crippen molar-refractivity contribution in [1.82, 2.24) is 10.3 Å². The standard InChI is InChI=1S/C21H23N3O4/c1-3-28-19(25)9-6-10-22-21(27)18-11-13(2)17(23-18)12-15-14-7-4-5-8-16(14)24-20(15)26/h4-5,7-8,11-12,23H,3,6,9-10H2,1-2H3,(H,22,27)(H,24,26)/b15-12-. The van der Waals surface area contributed by atoms with Gasteiger partial charge in [0.1, 0.15) is 5.69 Å². The molecule has 1 aliphatic rings. The summed E-state index contributed by atoms with van der Waals surface area (Å²) in [7, 11) is 0. The predicted molar refractivity (Wildman–Crippen MR) is 107 cm³/mol. The number of fused-ring (bicyclic) bond motifs is 1. The Morgan fingerprint density at radius 1 is 1.25 bits per heavy atom. The van der Waals surface area contributed by atoms with Crippen LogP contribution in [0.15, 0.2) is 30.3 Å². The molecule has 0 radical (unpaired) electrons. The molecule has 0 unspecified atom stereocenters. The maximum Gasteiger partial charge on any atom is 0.305 e. The Hall–Kier alpha value is -3.35. The molecule has 0 fully saturated rings. The van der Waals surface area contributed by atoms with Crippen molar-refractivity contribution in [3.05, 3.63) is 52.8 Å². The molecular weight excluding hydrogens is 358 g/mol. The summed E-state index contributed by atoms with van der Waals surface area (Å²) in [5.41, 5.74) is 4.16. The summed E-state index contributed by atoms with van der Waals surface area (Å²) >= 11 is 0. The molecule has 0 atom stereocenters. The average Bonchev–Trinajstić information content (AvgIpc) is 3.19. The van der Waals surface area contributed by atoms with Gasteiger partial charge in [-0.1, -0.05) is 18.2 Å². The van der Waals surface area contributed by atoms with Gasteiger partial charge in [-0.15, -0.1) is 0 Å². The van der Waals surface area contributed by atoms with Crippen molar-refractivity contribution in [3.8, 4) is 0 Å². The van der Waals surface area contributed by atoms with Crippen molar-refractivity contribution in [2.45, 2.75) is 26.7 Å². The van der Waals surface area contributed by atoms with E-state index in [1.54, 1.807) is 19.1 Å². The summed E-state index contributed by atoms with van der Waals surface area (Å²) in [5, 5.41) is 5.61. The molecule has 1 aliphatic heterocycles. The van der Waals surface area contributed by atoms with Crippen LogP contribution in [0.5, 0.6) is 0 Å². The highest BCUT2D eigenvalue weighted by molar-refractivity contribution is 6.34. The summed E-state index contributed by atoms with van der Waals surface area (Å²) in [6, 6.07) is 9.22. The fourth-order valence-corrected chi connectivity index (χ4v) is 3.04. The smallest absolute Gasteiger partial charge is 0.305 e. The number of esters is 1. The highest BCUT2D eigenvalue weighted by Gasteiger charge is 2.24. The molecule has 3 N–H and O–H groups in total. The number of carbonyl (C=O) groups excluding carboxylic acids is 3. The number of aryl methyl sites for hydroxylation is 1. The first-order valence-electron chi connectivity index (χ1n) is 9.25. The van der Waals surface area contributed by atoms with Gasteiger partial charge in [-0.25, -0.2) is 0 Å². The van der Waals surface area contributed by atoms with Crippen LogP contribution in [-0.2, 0) is 14.3 Å². The fourth-order valence-electron chi connectivity index (χ4n) is 3.04. The fraction of sp³-hybridized carbons (Fsp3) is 0.286. The minimum absolute atomic E-state index is 0.167. The summed E-state index contributed by atoms with van der Waals surface area (Å²) in [4.78, 5) is 38.9. The molecule has 0 bridgehead atoms. The summed E-state index contributed by atoms with van der Waals surface area (Å²) < 4.78 is 4.85. The molecular formula is C21H23N3O4. The third-order valence-electron chi connectivity index (χ3n) is 4.45. The number of para-hydroxylation sites is 1. The second-order valence-corrected chi connectivity index (χ2v) is 6.50. The molecule has 146 valence electrons. The van der Waals surface area contributed by atoms with Crippen LogP contribution in [0.4, 0.5) is 5.69 Å². The van der Waals surface area contributed by atoms with Crippen LogP contribution in [0, 0.1) is 6.92 Å². The molecule has 0 aliphatic carbocycles. The lowest BCUT2D eigenvalue weighted by atomic mass is 10.1. The predicted octanol–water partition coefficient (Wildman–Crippen LogP) is 2.89. The Balaban J connectivity index is 1.66. The van der Waals surface area contributed by atoms with Gasteiger partial charge in [0.15, 0.2) is 0 Å². The number of amides is 2. The van der Waals surface area contributed by atoms with Gasteiger partial charge in [-0.2, -0.15) is 0 Å². The van der Waals surface area contributed by atoms with Gasteiger partial charge in [-0.05, 0) is 44.0 Å². The van der Waals surface area contributed by atoms with E-state index in [1.165, 1.54) is 0 Å². The van der Waals surface area contributed by atoms with Crippen LogP contribution in [0.3, 0.4) is 0 Å². The summed E-state index contributed by atoms with van der Waals surface area (Å²) in [6.07, 6.45) is 2.54. The number of aromatic nitrogens is 1. The van der Waals surface area contributed by atoms with Crippen LogP contribution >= 0.6 is 0 Å². The largest absolute Gasteiger partial charge is 0.466 e. The maximum atomic E-state index is 12.3. The van der Waals surface area contributed by atoms with E-state index in [4.69, 9.17) is 4.74 Å². The molecule has 3 rings (SSSR count). The molecule has 0 spiro atoms. The van der Waals surface area contributed by atoms with Gasteiger partial charge < -0.3 is 20.4 Å². The van der Waals surface area contributed by atoms with Crippen LogP contribution in [0.25, 0.3) is 11.6 Å². The van der Waals surface area contributed by atoms with E-state index in [2.05, 4.69) is 15.6 Å². The normalized spacial score (nSPS) is 13.9.